The van der Waals surface area contributed by atoms with E-state index in [0.717, 1.165) is 17.0 Å². The number of nitrogens with zero attached hydrogens (tertiary/aromatic N) is 2. The first kappa shape index (κ1) is 13.1. The molecule has 0 aliphatic rings. The van der Waals surface area contributed by atoms with Crippen LogP contribution in [0.25, 0.3) is 0 Å². The van der Waals surface area contributed by atoms with Gasteiger partial charge in [-0.1, -0.05) is 6.07 Å². The molecule has 98 valence electrons. The Labute approximate surface area is 112 Å². The standard InChI is InChI=1S/C15H16N2O2/c1-17(13-5-7-14(19-2)8-6-13)15(18)10-12-4-3-9-16-11-12/h3-9,11H,10H2,1-2H3. The molecule has 1 aromatic carbocycles. The molecule has 0 saturated heterocycles. The topological polar surface area (TPSA) is 42.4 Å². The van der Waals surface area contributed by atoms with Crippen LogP contribution in [0.3, 0.4) is 0 Å². The second-order valence-corrected chi connectivity index (χ2v) is 4.19. The normalized spacial score (nSPS) is 10.0. The number of hydrogen-bond acceptors (Lipinski definition) is 3. The predicted molar refractivity (Wildman–Crippen MR) is 74.3 cm³/mol. The molecule has 0 fully saturated rings. The van der Waals surface area contributed by atoms with E-state index in [9.17, 15) is 4.79 Å². The van der Waals surface area contributed by atoms with Gasteiger partial charge in [-0.3, -0.25) is 9.78 Å². The fourth-order valence-corrected chi connectivity index (χ4v) is 1.75. The number of anilines is 1. The fraction of sp³-hybridized carbons (Fsp3) is 0.200. The maximum atomic E-state index is 12.1. The molecule has 0 spiro atoms. The van der Waals surface area contributed by atoms with Gasteiger partial charge >= 0.3 is 0 Å². The molecule has 0 bridgehead atoms. The molecule has 0 aliphatic heterocycles. The SMILES string of the molecule is COc1ccc(N(C)C(=O)Cc2cccnc2)cc1. The van der Waals surface area contributed by atoms with Crippen LogP contribution in [0.2, 0.25) is 0 Å². The summed E-state index contributed by atoms with van der Waals surface area (Å²) in [6.07, 6.45) is 3.75. The predicted octanol–water partition coefficient (Wildman–Crippen LogP) is 2.30. The fourth-order valence-electron chi connectivity index (χ4n) is 1.75. The summed E-state index contributed by atoms with van der Waals surface area (Å²) in [7, 11) is 3.38. The molecule has 4 nitrogen and oxygen atoms in total. The van der Waals surface area contributed by atoms with Gasteiger partial charge in [0.25, 0.3) is 0 Å². The number of carbonyl (C=O) groups is 1. The van der Waals surface area contributed by atoms with E-state index >= 15 is 0 Å². The number of amides is 1. The van der Waals surface area contributed by atoms with Crippen LogP contribution in [-0.4, -0.2) is 25.0 Å². The van der Waals surface area contributed by atoms with Gasteiger partial charge in [-0.15, -0.1) is 0 Å². The monoisotopic (exact) mass is 256 g/mol. The molecule has 0 radical (unpaired) electrons. The average molecular weight is 256 g/mol. The Bertz CT molecular complexity index is 538. The second-order valence-electron chi connectivity index (χ2n) is 4.19. The highest BCUT2D eigenvalue weighted by atomic mass is 16.5. The van der Waals surface area contributed by atoms with E-state index in [-0.39, 0.29) is 5.91 Å². The quantitative estimate of drug-likeness (QED) is 0.843. The molecule has 0 atom stereocenters. The molecule has 1 amide bonds. The van der Waals surface area contributed by atoms with Crippen molar-refractivity contribution in [3.05, 3.63) is 54.4 Å². The number of hydrogen-bond donors (Lipinski definition) is 0. The van der Waals surface area contributed by atoms with E-state index < -0.39 is 0 Å². The Morgan fingerprint density at radius 2 is 2.00 bits per heavy atom. The summed E-state index contributed by atoms with van der Waals surface area (Å²) in [5, 5.41) is 0. The molecule has 0 N–H and O–H groups in total. The lowest BCUT2D eigenvalue weighted by molar-refractivity contribution is -0.117. The summed E-state index contributed by atoms with van der Waals surface area (Å²) in [4.78, 5) is 17.8. The lowest BCUT2D eigenvalue weighted by Gasteiger charge is -2.17. The van der Waals surface area contributed by atoms with Crippen LogP contribution in [0, 0.1) is 0 Å². The second kappa shape index (κ2) is 6.00. The number of ether oxygens (including phenoxy) is 1. The number of aromatic nitrogens is 1. The minimum atomic E-state index is 0.0261. The first-order chi connectivity index (χ1) is 9.20. The number of carbonyl (C=O) groups excluding carboxylic acids is 1. The van der Waals surface area contributed by atoms with Gasteiger partial charge in [-0.2, -0.15) is 0 Å². The molecule has 0 saturated carbocycles. The van der Waals surface area contributed by atoms with Crippen LogP contribution >= 0.6 is 0 Å². The van der Waals surface area contributed by atoms with Crippen molar-refractivity contribution in [2.45, 2.75) is 6.42 Å². The summed E-state index contributed by atoms with van der Waals surface area (Å²) < 4.78 is 5.09. The van der Waals surface area contributed by atoms with Gasteiger partial charge in [-0.25, -0.2) is 0 Å². The Balaban J connectivity index is 2.06. The first-order valence-corrected chi connectivity index (χ1v) is 6.00. The van der Waals surface area contributed by atoms with Crippen LogP contribution in [0.5, 0.6) is 5.75 Å². The lowest BCUT2D eigenvalue weighted by atomic mass is 10.2. The highest BCUT2D eigenvalue weighted by Gasteiger charge is 2.11. The Morgan fingerprint density at radius 3 is 2.58 bits per heavy atom. The van der Waals surface area contributed by atoms with Crippen LogP contribution in [0.1, 0.15) is 5.56 Å². The largest absolute Gasteiger partial charge is 0.497 e. The third-order valence-corrected chi connectivity index (χ3v) is 2.91. The van der Waals surface area contributed by atoms with Crippen molar-refractivity contribution in [3.63, 3.8) is 0 Å². The summed E-state index contributed by atoms with van der Waals surface area (Å²) >= 11 is 0. The van der Waals surface area contributed by atoms with Crippen molar-refractivity contribution in [2.75, 3.05) is 19.1 Å². The van der Waals surface area contributed by atoms with E-state index in [2.05, 4.69) is 4.98 Å². The molecule has 0 unspecified atom stereocenters. The number of pyridine rings is 1. The lowest BCUT2D eigenvalue weighted by Crippen LogP contribution is -2.27. The van der Waals surface area contributed by atoms with Crippen molar-refractivity contribution in [1.82, 2.24) is 4.98 Å². The number of rotatable bonds is 4. The van der Waals surface area contributed by atoms with Crippen LogP contribution in [0.4, 0.5) is 5.69 Å². The van der Waals surface area contributed by atoms with Gasteiger partial charge in [0, 0.05) is 25.1 Å². The van der Waals surface area contributed by atoms with Crippen molar-refractivity contribution >= 4 is 11.6 Å². The molecule has 2 rings (SSSR count). The highest BCUT2D eigenvalue weighted by Crippen LogP contribution is 2.18. The Hall–Kier alpha value is -2.36. The smallest absolute Gasteiger partial charge is 0.231 e. The van der Waals surface area contributed by atoms with E-state index in [1.807, 2.05) is 36.4 Å². The van der Waals surface area contributed by atoms with Crippen LogP contribution in [-0.2, 0) is 11.2 Å². The zero-order valence-corrected chi connectivity index (χ0v) is 11.0. The van der Waals surface area contributed by atoms with Crippen molar-refractivity contribution in [3.8, 4) is 5.75 Å². The van der Waals surface area contributed by atoms with Crippen molar-refractivity contribution < 1.29 is 9.53 Å². The van der Waals surface area contributed by atoms with Crippen LogP contribution < -0.4 is 9.64 Å². The van der Waals surface area contributed by atoms with E-state index in [4.69, 9.17) is 4.74 Å². The summed E-state index contributed by atoms with van der Waals surface area (Å²) in [6, 6.07) is 11.1. The molecular formula is C15H16N2O2. The highest BCUT2D eigenvalue weighted by molar-refractivity contribution is 5.94. The zero-order valence-electron chi connectivity index (χ0n) is 11.0. The molecular weight excluding hydrogens is 240 g/mol. The maximum absolute atomic E-state index is 12.1. The van der Waals surface area contributed by atoms with E-state index in [1.165, 1.54) is 0 Å². The Kier molecular flexibility index (Phi) is 4.13. The van der Waals surface area contributed by atoms with Crippen LogP contribution in [0.15, 0.2) is 48.8 Å². The van der Waals surface area contributed by atoms with Gasteiger partial charge in [0.1, 0.15) is 5.75 Å². The average Bonchev–Trinajstić information content (AvgIpc) is 2.47. The first-order valence-electron chi connectivity index (χ1n) is 6.00. The van der Waals surface area contributed by atoms with Crippen molar-refractivity contribution in [2.24, 2.45) is 0 Å². The summed E-state index contributed by atoms with van der Waals surface area (Å²) in [5.74, 6) is 0.801. The van der Waals surface area contributed by atoms with Gasteiger partial charge in [0.2, 0.25) is 5.91 Å². The minimum Gasteiger partial charge on any atom is -0.497 e. The molecule has 2 aromatic rings. The van der Waals surface area contributed by atoms with Crippen molar-refractivity contribution in [1.29, 1.82) is 0 Å². The molecule has 1 heterocycles. The van der Waals surface area contributed by atoms with Gasteiger partial charge in [0.05, 0.1) is 13.5 Å². The third kappa shape index (κ3) is 3.31. The summed E-state index contributed by atoms with van der Waals surface area (Å²) in [6.45, 7) is 0. The minimum absolute atomic E-state index is 0.0261. The van der Waals surface area contributed by atoms with E-state index in [0.29, 0.717) is 6.42 Å². The molecule has 0 aliphatic carbocycles. The Morgan fingerprint density at radius 1 is 1.26 bits per heavy atom. The van der Waals surface area contributed by atoms with E-state index in [1.54, 1.807) is 31.5 Å². The summed E-state index contributed by atoms with van der Waals surface area (Å²) in [5.41, 5.74) is 1.75. The maximum Gasteiger partial charge on any atom is 0.231 e. The number of benzene rings is 1. The van der Waals surface area contributed by atoms with Gasteiger partial charge < -0.3 is 9.64 Å². The molecule has 19 heavy (non-hydrogen) atoms. The molecule has 1 aromatic heterocycles. The number of methoxy groups -OCH3 is 1. The zero-order chi connectivity index (χ0) is 13.7. The van der Waals surface area contributed by atoms with Gasteiger partial charge in [-0.05, 0) is 35.9 Å². The number of likely N-dealkylation sites (N-methyl/N-ethyl adjacent to an activating group) is 1. The third-order valence-electron chi connectivity index (χ3n) is 2.91. The molecule has 4 heteroatoms. The van der Waals surface area contributed by atoms with Gasteiger partial charge in [0.15, 0.2) is 0 Å².